The summed E-state index contributed by atoms with van der Waals surface area (Å²) in [6.45, 7) is -0.216. The lowest BCUT2D eigenvalue weighted by atomic mass is 9.89. The number of halogens is 1. The Morgan fingerprint density at radius 2 is 1.96 bits per heavy atom. The Labute approximate surface area is 133 Å². The maximum Gasteiger partial charge on any atom is 0.322 e. The van der Waals surface area contributed by atoms with E-state index in [1.807, 2.05) is 0 Å². The summed E-state index contributed by atoms with van der Waals surface area (Å²) in [4.78, 5) is 11.8. The number of hydrogen-bond donors (Lipinski definition) is 1. The highest BCUT2D eigenvalue weighted by Crippen LogP contribution is 2.32. The second-order valence-corrected chi connectivity index (χ2v) is 5.57. The molecule has 1 aliphatic rings. The van der Waals surface area contributed by atoms with Gasteiger partial charge in [-0.15, -0.1) is 5.10 Å². The van der Waals surface area contributed by atoms with Crippen LogP contribution in [0.15, 0.2) is 28.7 Å². The van der Waals surface area contributed by atoms with Crippen molar-refractivity contribution in [3.05, 3.63) is 36.0 Å². The minimum atomic E-state index is -0.409. The summed E-state index contributed by atoms with van der Waals surface area (Å²) < 4.78 is 23.5. The summed E-state index contributed by atoms with van der Waals surface area (Å²) in [5, 5.41) is 10.4. The van der Waals surface area contributed by atoms with E-state index in [2.05, 4.69) is 15.5 Å². The van der Waals surface area contributed by atoms with Gasteiger partial charge >= 0.3 is 6.01 Å². The summed E-state index contributed by atoms with van der Waals surface area (Å²) in [5.74, 6) is 0.517. The number of nitrogens with one attached hydrogen (secondary N) is 1. The monoisotopic (exact) mass is 319 g/mol. The van der Waals surface area contributed by atoms with E-state index in [1.54, 1.807) is 0 Å². The van der Waals surface area contributed by atoms with Gasteiger partial charge in [-0.1, -0.05) is 24.4 Å². The zero-order valence-corrected chi connectivity index (χ0v) is 12.6. The predicted octanol–water partition coefficient (Wildman–Crippen LogP) is 3.27. The standard InChI is InChI=1S/C16H18FN3O3/c17-12-6-8-13(9-7-12)22-10-14(21)18-16-20-19-15(23-16)11-4-2-1-3-5-11/h6-9,11H,1-5,10H2,(H,18,20,21). The molecular weight excluding hydrogens is 301 g/mol. The zero-order valence-electron chi connectivity index (χ0n) is 12.6. The van der Waals surface area contributed by atoms with Crippen molar-refractivity contribution in [3.63, 3.8) is 0 Å². The van der Waals surface area contributed by atoms with E-state index in [9.17, 15) is 9.18 Å². The van der Waals surface area contributed by atoms with E-state index in [-0.39, 0.29) is 24.4 Å². The fraction of sp³-hybridized carbons (Fsp3) is 0.438. The van der Waals surface area contributed by atoms with Crippen LogP contribution >= 0.6 is 0 Å². The van der Waals surface area contributed by atoms with Gasteiger partial charge in [-0.25, -0.2) is 4.39 Å². The summed E-state index contributed by atoms with van der Waals surface area (Å²) in [6, 6.07) is 5.52. The Hall–Kier alpha value is -2.44. The Morgan fingerprint density at radius 3 is 2.70 bits per heavy atom. The molecule has 0 atom stereocenters. The van der Waals surface area contributed by atoms with Crippen LogP contribution in [0.25, 0.3) is 0 Å². The van der Waals surface area contributed by atoms with E-state index in [0.717, 1.165) is 12.8 Å². The first-order valence-corrected chi connectivity index (χ1v) is 7.72. The van der Waals surface area contributed by atoms with Crippen LogP contribution in [0.5, 0.6) is 5.75 Å². The molecule has 2 aromatic rings. The number of anilines is 1. The number of aromatic nitrogens is 2. The topological polar surface area (TPSA) is 77.2 Å². The van der Waals surface area contributed by atoms with Gasteiger partial charge in [0.2, 0.25) is 5.89 Å². The minimum Gasteiger partial charge on any atom is -0.484 e. The van der Waals surface area contributed by atoms with Crippen LogP contribution in [0.2, 0.25) is 0 Å². The molecule has 1 saturated carbocycles. The van der Waals surface area contributed by atoms with Gasteiger partial charge in [0.25, 0.3) is 5.91 Å². The molecule has 122 valence electrons. The molecule has 1 amide bonds. The molecule has 0 saturated heterocycles. The van der Waals surface area contributed by atoms with E-state index in [1.165, 1.54) is 43.5 Å². The van der Waals surface area contributed by atoms with Crippen molar-refractivity contribution in [2.75, 3.05) is 11.9 Å². The van der Waals surface area contributed by atoms with Crippen molar-refractivity contribution in [1.29, 1.82) is 0 Å². The van der Waals surface area contributed by atoms with Crippen molar-refractivity contribution < 1.29 is 18.3 Å². The van der Waals surface area contributed by atoms with Crippen molar-refractivity contribution in [2.45, 2.75) is 38.0 Å². The van der Waals surface area contributed by atoms with E-state index >= 15 is 0 Å². The molecule has 7 heteroatoms. The van der Waals surface area contributed by atoms with Gasteiger partial charge in [0.15, 0.2) is 6.61 Å². The molecule has 1 aliphatic carbocycles. The summed E-state index contributed by atoms with van der Waals surface area (Å²) >= 11 is 0. The van der Waals surface area contributed by atoms with Crippen molar-refractivity contribution in [1.82, 2.24) is 10.2 Å². The van der Waals surface area contributed by atoms with E-state index in [4.69, 9.17) is 9.15 Å². The Balaban J connectivity index is 1.49. The van der Waals surface area contributed by atoms with Crippen LogP contribution in [-0.2, 0) is 4.79 Å². The fourth-order valence-electron chi connectivity index (χ4n) is 2.63. The lowest BCUT2D eigenvalue weighted by Gasteiger charge is -2.17. The number of nitrogens with zero attached hydrogens (tertiary/aromatic N) is 2. The van der Waals surface area contributed by atoms with Crippen LogP contribution < -0.4 is 10.1 Å². The molecular formula is C16H18FN3O3. The minimum absolute atomic E-state index is 0.0817. The Bertz CT molecular complexity index is 651. The van der Waals surface area contributed by atoms with Gasteiger partial charge in [0, 0.05) is 5.92 Å². The van der Waals surface area contributed by atoms with Crippen molar-refractivity contribution in [3.8, 4) is 5.75 Å². The highest BCUT2D eigenvalue weighted by Gasteiger charge is 2.21. The van der Waals surface area contributed by atoms with Crippen LogP contribution in [0.4, 0.5) is 10.4 Å². The number of benzene rings is 1. The number of amides is 1. The van der Waals surface area contributed by atoms with Gasteiger partial charge in [0.1, 0.15) is 11.6 Å². The third-order valence-electron chi connectivity index (χ3n) is 3.82. The molecule has 0 unspecified atom stereocenters. The smallest absolute Gasteiger partial charge is 0.322 e. The number of carbonyl (C=O) groups is 1. The maximum atomic E-state index is 12.8. The third-order valence-corrected chi connectivity index (χ3v) is 3.82. The normalized spacial score (nSPS) is 15.3. The average Bonchev–Trinajstić information content (AvgIpc) is 3.04. The summed E-state index contributed by atoms with van der Waals surface area (Å²) in [7, 11) is 0. The van der Waals surface area contributed by atoms with Gasteiger partial charge in [-0.3, -0.25) is 10.1 Å². The molecule has 0 bridgehead atoms. The lowest BCUT2D eigenvalue weighted by molar-refractivity contribution is -0.118. The van der Waals surface area contributed by atoms with Crippen molar-refractivity contribution in [2.24, 2.45) is 0 Å². The summed E-state index contributed by atoms with van der Waals surface area (Å²) in [6.07, 6.45) is 5.67. The first-order valence-electron chi connectivity index (χ1n) is 7.72. The highest BCUT2D eigenvalue weighted by molar-refractivity contribution is 5.89. The number of carbonyl (C=O) groups excluding carboxylic acids is 1. The molecule has 1 heterocycles. The second-order valence-electron chi connectivity index (χ2n) is 5.57. The number of hydrogen-bond acceptors (Lipinski definition) is 5. The number of rotatable bonds is 5. The predicted molar refractivity (Wildman–Crippen MR) is 80.6 cm³/mol. The molecule has 23 heavy (non-hydrogen) atoms. The highest BCUT2D eigenvalue weighted by atomic mass is 19.1. The maximum absolute atomic E-state index is 12.8. The van der Waals surface area contributed by atoms with Gasteiger partial charge in [-0.2, -0.15) is 0 Å². The SMILES string of the molecule is O=C(COc1ccc(F)cc1)Nc1nnc(C2CCCCC2)o1. The molecule has 3 rings (SSSR count). The first-order chi connectivity index (χ1) is 11.2. The Kier molecular flexibility index (Phi) is 4.85. The largest absolute Gasteiger partial charge is 0.484 e. The first kappa shape index (κ1) is 15.5. The third kappa shape index (κ3) is 4.28. The molecule has 6 nitrogen and oxygen atoms in total. The zero-order chi connectivity index (χ0) is 16.1. The molecule has 1 N–H and O–H groups in total. The molecule has 0 aliphatic heterocycles. The molecule has 1 fully saturated rings. The van der Waals surface area contributed by atoms with Gasteiger partial charge < -0.3 is 9.15 Å². The van der Waals surface area contributed by atoms with E-state index < -0.39 is 5.91 Å². The fourth-order valence-corrected chi connectivity index (χ4v) is 2.63. The molecule has 0 radical (unpaired) electrons. The van der Waals surface area contributed by atoms with Gasteiger partial charge in [0.05, 0.1) is 0 Å². The second kappa shape index (κ2) is 7.21. The molecule has 0 spiro atoms. The molecule has 1 aromatic heterocycles. The van der Waals surface area contributed by atoms with E-state index in [0.29, 0.717) is 11.6 Å². The van der Waals surface area contributed by atoms with Gasteiger partial charge in [-0.05, 0) is 37.1 Å². The van der Waals surface area contributed by atoms with Crippen molar-refractivity contribution >= 4 is 11.9 Å². The van der Waals surface area contributed by atoms with Crippen LogP contribution in [0.1, 0.15) is 43.9 Å². The molecule has 1 aromatic carbocycles. The number of ether oxygens (including phenoxy) is 1. The van der Waals surface area contributed by atoms with Crippen LogP contribution in [0.3, 0.4) is 0 Å². The quantitative estimate of drug-likeness (QED) is 0.915. The summed E-state index contributed by atoms with van der Waals surface area (Å²) in [5.41, 5.74) is 0. The lowest BCUT2D eigenvalue weighted by Crippen LogP contribution is -2.20. The van der Waals surface area contributed by atoms with Crippen LogP contribution in [-0.4, -0.2) is 22.7 Å². The average molecular weight is 319 g/mol. The Morgan fingerprint density at radius 1 is 1.22 bits per heavy atom. The van der Waals surface area contributed by atoms with Crippen LogP contribution in [0, 0.1) is 5.82 Å².